The number of hydroxylamine groups is 1. The molecule has 0 spiro atoms. The fraction of sp³-hybridized carbons (Fsp3) is 0.440. The molecule has 2 fully saturated rings. The zero-order valence-electron chi connectivity index (χ0n) is 21.0. The molecule has 2 aliphatic rings. The predicted molar refractivity (Wildman–Crippen MR) is 137 cm³/mol. The van der Waals surface area contributed by atoms with Crippen LogP contribution < -0.4 is 4.74 Å². The van der Waals surface area contributed by atoms with Crippen LogP contribution in [0.3, 0.4) is 0 Å². The van der Waals surface area contributed by atoms with Crippen LogP contribution in [0.25, 0.3) is 0 Å². The van der Waals surface area contributed by atoms with Gasteiger partial charge in [0, 0.05) is 24.7 Å². The van der Waals surface area contributed by atoms with Crippen molar-refractivity contribution in [2.45, 2.75) is 50.4 Å². The van der Waals surface area contributed by atoms with E-state index in [0.29, 0.717) is 65.7 Å². The molecule has 0 N–H and O–H groups in total. The van der Waals surface area contributed by atoms with Gasteiger partial charge in [0.2, 0.25) is 0 Å². The largest absolute Gasteiger partial charge is 0.493 e. The maximum Gasteiger partial charge on any atom is 0.493 e. The van der Waals surface area contributed by atoms with E-state index in [0.717, 1.165) is 25.0 Å². The van der Waals surface area contributed by atoms with Crippen molar-refractivity contribution >= 4 is 45.1 Å². The molecule has 1 saturated heterocycles. The molecular formula is C25H24Cl2F4N2O6S. The molecule has 1 saturated carbocycles. The van der Waals surface area contributed by atoms with E-state index in [4.69, 9.17) is 27.9 Å². The van der Waals surface area contributed by atoms with Gasteiger partial charge < -0.3 is 9.57 Å². The van der Waals surface area contributed by atoms with E-state index in [2.05, 4.69) is 9.74 Å². The Labute approximate surface area is 237 Å². The second kappa shape index (κ2) is 11.7. The number of carbonyl (C=O) groups excluding carboxylic acids is 2. The molecule has 0 bridgehead atoms. The van der Waals surface area contributed by atoms with E-state index in [-0.39, 0.29) is 12.0 Å². The average molecular weight is 627 g/mol. The van der Waals surface area contributed by atoms with Gasteiger partial charge in [-0.3, -0.25) is 9.69 Å². The molecule has 1 amide bonds. The Balaban J connectivity index is 1.48. The summed E-state index contributed by atoms with van der Waals surface area (Å²) in [6.45, 7) is 1.54. The summed E-state index contributed by atoms with van der Waals surface area (Å²) >= 11 is 12.1. The van der Waals surface area contributed by atoms with E-state index >= 15 is 4.39 Å². The van der Waals surface area contributed by atoms with Crippen LogP contribution in [-0.4, -0.2) is 61.3 Å². The number of amides is 1. The molecule has 2 aromatic rings. The number of hydrogen-bond donors (Lipinski definition) is 0. The average Bonchev–Trinajstić information content (AvgIpc) is 3.69. The molecule has 40 heavy (non-hydrogen) atoms. The molecule has 1 aliphatic carbocycles. The molecule has 0 aromatic heterocycles. The molecule has 1 heterocycles. The van der Waals surface area contributed by atoms with Gasteiger partial charge in [0.15, 0.2) is 0 Å². The van der Waals surface area contributed by atoms with Crippen LogP contribution in [0.5, 0.6) is 5.75 Å². The summed E-state index contributed by atoms with van der Waals surface area (Å²) in [5.74, 6) is -5.34. The van der Waals surface area contributed by atoms with Gasteiger partial charge in [-0.25, -0.2) is 17.6 Å². The standard InChI is InChI=1S/C25H24Cl2F4N2O6S/c1-40(36,37)33(39-24(35)25(29,30)31)23(34)19-12-18(14-2-3-14)15(10-21(19)28)13-32-8-6-17(7-9-32)38-22-5-4-16(26)11-20(22)27/h4-5,10-12,14,17H,2-3,6-9,13H2,1H3. The van der Waals surface area contributed by atoms with Gasteiger partial charge in [-0.15, -0.1) is 0 Å². The lowest BCUT2D eigenvalue weighted by molar-refractivity contribution is -0.216. The monoisotopic (exact) mass is 626 g/mol. The number of halogens is 6. The first-order chi connectivity index (χ1) is 18.6. The Hall–Kier alpha value is -2.61. The lowest BCUT2D eigenvalue weighted by atomic mass is 9.97. The molecule has 15 heteroatoms. The first-order valence-corrected chi connectivity index (χ1v) is 14.7. The van der Waals surface area contributed by atoms with Gasteiger partial charge in [0.05, 0.1) is 16.8 Å². The molecule has 0 unspecified atom stereocenters. The number of sulfonamides is 1. The van der Waals surface area contributed by atoms with Crippen LogP contribution >= 0.6 is 23.2 Å². The highest BCUT2D eigenvalue weighted by atomic mass is 35.5. The number of alkyl halides is 3. The quantitative estimate of drug-likeness (QED) is 0.297. The first-order valence-electron chi connectivity index (χ1n) is 12.1. The second-order valence-corrected chi connectivity index (χ2v) is 12.3. The van der Waals surface area contributed by atoms with Crippen molar-refractivity contribution in [2.24, 2.45) is 0 Å². The van der Waals surface area contributed by atoms with E-state index in [1.807, 2.05) is 0 Å². The van der Waals surface area contributed by atoms with Crippen molar-refractivity contribution in [1.29, 1.82) is 0 Å². The highest BCUT2D eigenvalue weighted by molar-refractivity contribution is 7.88. The molecule has 8 nitrogen and oxygen atoms in total. The lowest BCUT2D eigenvalue weighted by Gasteiger charge is -2.33. The number of piperidine rings is 1. The zero-order chi connectivity index (χ0) is 29.4. The summed E-state index contributed by atoms with van der Waals surface area (Å²) in [4.78, 5) is 29.9. The van der Waals surface area contributed by atoms with Crippen molar-refractivity contribution in [3.8, 4) is 5.75 Å². The Morgan fingerprint density at radius 1 is 1.07 bits per heavy atom. The Morgan fingerprint density at radius 2 is 1.73 bits per heavy atom. The molecule has 218 valence electrons. The first kappa shape index (κ1) is 30.4. The summed E-state index contributed by atoms with van der Waals surface area (Å²) in [6.07, 6.45) is -2.53. The summed E-state index contributed by atoms with van der Waals surface area (Å²) in [7, 11) is -4.83. The molecule has 2 aromatic carbocycles. The van der Waals surface area contributed by atoms with Crippen molar-refractivity contribution in [2.75, 3.05) is 19.3 Å². The van der Waals surface area contributed by atoms with E-state index in [9.17, 15) is 31.2 Å². The molecule has 1 aliphatic heterocycles. The van der Waals surface area contributed by atoms with Crippen LogP contribution in [0.1, 0.15) is 53.1 Å². The Bertz CT molecular complexity index is 1410. The fourth-order valence-electron chi connectivity index (χ4n) is 4.37. The third-order valence-electron chi connectivity index (χ3n) is 6.46. The topological polar surface area (TPSA) is 93.2 Å². The van der Waals surface area contributed by atoms with Crippen LogP contribution in [-0.2, 0) is 26.2 Å². The van der Waals surface area contributed by atoms with Crippen LogP contribution in [0, 0.1) is 5.82 Å². The zero-order valence-corrected chi connectivity index (χ0v) is 23.3. The van der Waals surface area contributed by atoms with E-state index in [1.54, 1.807) is 18.2 Å². The minimum Gasteiger partial charge on any atom is -0.489 e. The third kappa shape index (κ3) is 7.36. The normalized spacial score (nSPS) is 17.0. The lowest BCUT2D eigenvalue weighted by Crippen LogP contribution is -2.42. The summed E-state index contributed by atoms with van der Waals surface area (Å²) in [5.41, 5.74) is 0.319. The van der Waals surface area contributed by atoms with Crippen LogP contribution in [0.4, 0.5) is 17.6 Å². The summed E-state index contributed by atoms with van der Waals surface area (Å²) in [6, 6.07) is 7.16. The van der Waals surface area contributed by atoms with E-state index in [1.165, 1.54) is 0 Å². The highest BCUT2D eigenvalue weighted by Gasteiger charge is 2.45. The molecular weight excluding hydrogens is 603 g/mol. The second-order valence-electron chi connectivity index (χ2n) is 9.65. The van der Waals surface area contributed by atoms with Crippen LogP contribution in [0.15, 0.2) is 30.3 Å². The summed E-state index contributed by atoms with van der Waals surface area (Å²) < 4.78 is 82.3. The van der Waals surface area contributed by atoms with Gasteiger partial charge >= 0.3 is 18.1 Å². The Morgan fingerprint density at radius 3 is 2.27 bits per heavy atom. The predicted octanol–water partition coefficient (Wildman–Crippen LogP) is 5.48. The van der Waals surface area contributed by atoms with E-state index < -0.39 is 43.9 Å². The van der Waals surface area contributed by atoms with Crippen molar-refractivity contribution < 1.29 is 45.1 Å². The maximum absolute atomic E-state index is 15.1. The number of carbonyl (C=O) groups is 2. The number of benzene rings is 2. The minimum atomic E-state index is -5.58. The number of ether oxygens (including phenoxy) is 1. The van der Waals surface area contributed by atoms with Gasteiger partial charge in [0.1, 0.15) is 17.7 Å². The highest BCUT2D eigenvalue weighted by Crippen LogP contribution is 2.43. The molecule has 4 rings (SSSR count). The molecule has 0 radical (unpaired) electrons. The number of hydrogen-bond acceptors (Lipinski definition) is 7. The minimum absolute atomic E-state index is 0.0283. The van der Waals surface area contributed by atoms with Crippen molar-refractivity contribution in [1.82, 2.24) is 9.37 Å². The van der Waals surface area contributed by atoms with Gasteiger partial charge in [-0.2, -0.15) is 13.2 Å². The molecule has 0 atom stereocenters. The van der Waals surface area contributed by atoms with Crippen molar-refractivity contribution in [3.63, 3.8) is 0 Å². The maximum atomic E-state index is 15.1. The SMILES string of the molecule is CS(=O)(=O)N(OC(=O)C(F)(F)F)C(=O)c1cc(C2CC2)c(CN2CCC(Oc3ccc(Cl)cc3Cl)CC2)cc1F. The Kier molecular flexibility index (Phi) is 8.88. The van der Waals surface area contributed by atoms with Gasteiger partial charge in [-0.05, 0) is 73.1 Å². The third-order valence-corrected chi connectivity index (χ3v) is 7.83. The smallest absolute Gasteiger partial charge is 0.489 e. The fourth-order valence-corrected chi connectivity index (χ4v) is 5.42. The van der Waals surface area contributed by atoms with Gasteiger partial charge in [0.25, 0.3) is 10.0 Å². The number of rotatable bonds is 7. The van der Waals surface area contributed by atoms with Crippen LogP contribution in [0.2, 0.25) is 10.0 Å². The van der Waals surface area contributed by atoms with Crippen molar-refractivity contribution in [3.05, 3.63) is 62.9 Å². The van der Waals surface area contributed by atoms with Gasteiger partial charge in [-0.1, -0.05) is 27.7 Å². The summed E-state index contributed by atoms with van der Waals surface area (Å²) in [5, 5.41) is 0.890. The number of likely N-dealkylation sites (tertiary alicyclic amines) is 1. The number of nitrogens with zero attached hydrogens (tertiary/aromatic N) is 2.